The number of rotatable bonds is 12. The Kier molecular flexibility index (Phi) is 10.4. The smallest absolute Gasteiger partial charge is 0.147 e. The quantitative estimate of drug-likeness (QED) is 0.127. The van der Waals surface area contributed by atoms with Gasteiger partial charge in [0.25, 0.3) is 0 Å². The molecule has 0 bridgehead atoms. The number of hydrogen-bond donors (Lipinski definition) is 2. The van der Waals surface area contributed by atoms with Gasteiger partial charge < -0.3 is 29.2 Å². The molecule has 0 aliphatic heterocycles. The Morgan fingerprint density at radius 1 is 0.392 bits per heavy atom. The zero-order valence-electron chi connectivity index (χ0n) is 29.0. The van der Waals surface area contributed by atoms with E-state index in [2.05, 4.69) is 5.73 Å². The molecule has 6 aromatic carbocycles. The molecule has 0 heterocycles. The molecule has 0 aromatic heterocycles. The first-order valence-electron chi connectivity index (χ1n) is 16.5. The molecule has 0 amide bonds. The monoisotopic (exact) mass is 676 g/mol. The first-order chi connectivity index (χ1) is 24.8. The van der Waals surface area contributed by atoms with Crippen LogP contribution in [0.4, 0.5) is 0 Å². The highest BCUT2D eigenvalue weighted by atomic mass is 16.5. The maximum Gasteiger partial charge on any atom is 0.147 e. The summed E-state index contributed by atoms with van der Waals surface area (Å²) in [5.74, 6) is 2.47. The van der Waals surface area contributed by atoms with Crippen molar-refractivity contribution in [3.05, 3.63) is 202 Å². The maximum atomic E-state index is 13.7. The molecular weight excluding hydrogens is 636 g/mol. The maximum absolute atomic E-state index is 13.7. The van der Waals surface area contributed by atoms with E-state index in [-0.39, 0.29) is 5.57 Å². The van der Waals surface area contributed by atoms with Crippen molar-refractivity contribution in [1.29, 1.82) is 0 Å². The Morgan fingerprint density at radius 2 is 0.647 bits per heavy atom. The fraction of sp³-hybridized carbons (Fsp3) is 0.133. The van der Waals surface area contributed by atoms with Crippen molar-refractivity contribution in [3.8, 4) is 23.0 Å². The van der Waals surface area contributed by atoms with Gasteiger partial charge in [0.1, 0.15) is 34.2 Å². The Balaban J connectivity index is 1.84. The summed E-state index contributed by atoms with van der Waals surface area (Å²) >= 11 is 0. The van der Waals surface area contributed by atoms with E-state index in [1.165, 1.54) is 0 Å². The minimum absolute atomic E-state index is 0.156. The normalized spacial score (nSPS) is 11.3. The predicted octanol–water partition coefficient (Wildman–Crippen LogP) is 8.55. The number of aliphatic hydroxyl groups is 2. The summed E-state index contributed by atoms with van der Waals surface area (Å²) in [5, 5.41) is 27.5. The summed E-state index contributed by atoms with van der Waals surface area (Å²) in [6.07, 6.45) is 0. The fourth-order valence-electron chi connectivity index (χ4n) is 6.33. The average Bonchev–Trinajstić information content (AvgIpc) is 3.21. The fourth-order valence-corrected chi connectivity index (χ4v) is 6.33. The standard InChI is InChI=1S/C45H40O6/c1-48-38-23-15-34(16-24-38)44(46,35-17-25-39(49-2)26-18-35)43(31-42(32-11-7-5-8-12-32)33-13-9-6-10-14-33)45(47,36-19-27-40(50-3)28-20-36)37-21-29-41(51-4)30-22-37/h5-30,46-47H,1-4H3. The molecule has 51 heavy (non-hydrogen) atoms. The average molecular weight is 677 g/mol. The van der Waals surface area contributed by atoms with E-state index in [4.69, 9.17) is 18.9 Å². The molecule has 0 fully saturated rings. The van der Waals surface area contributed by atoms with Gasteiger partial charge in [-0.15, -0.1) is 5.73 Å². The van der Waals surface area contributed by atoms with Crippen LogP contribution in [0.1, 0.15) is 33.4 Å². The molecule has 0 spiro atoms. The number of methoxy groups -OCH3 is 4. The molecule has 0 atom stereocenters. The van der Waals surface area contributed by atoms with E-state index in [9.17, 15) is 10.2 Å². The summed E-state index contributed by atoms with van der Waals surface area (Å²) in [6, 6.07) is 48.5. The van der Waals surface area contributed by atoms with Gasteiger partial charge in [-0.05, 0) is 81.9 Å². The topological polar surface area (TPSA) is 77.4 Å². The molecule has 6 rings (SSSR count). The number of benzene rings is 6. The first-order valence-corrected chi connectivity index (χ1v) is 16.5. The Labute approximate surface area is 299 Å². The second-order valence-electron chi connectivity index (χ2n) is 11.9. The lowest BCUT2D eigenvalue weighted by Crippen LogP contribution is -2.42. The van der Waals surface area contributed by atoms with Crippen LogP contribution in [0.3, 0.4) is 0 Å². The summed E-state index contributed by atoms with van der Waals surface area (Å²) in [4.78, 5) is 0. The van der Waals surface area contributed by atoms with Crippen LogP contribution in [-0.4, -0.2) is 38.7 Å². The first kappa shape index (κ1) is 34.8. The van der Waals surface area contributed by atoms with Gasteiger partial charge >= 0.3 is 0 Å². The Morgan fingerprint density at radius 3 is 0.882 bits per heavy atom. The van der Waals surface area contributed by atoms with Crippen molar-refractivity contribution >= 4 is 5.57 Å². The zero-order chi connectivity index (χ0) is 35.8. The van der Waals surface area contributed by atoms with Gasteiger partial charge in [-0.2, -0.15) is 0 Å². The minimum atomic E-state index is -1.98. The van der Waals surface area contributed by atoms with Crippen molar-refractivity contribution in [2.24, 2.45) is 0 Å². The van der Waals surface area contributed by atoms with E-state index < -0.39 is 11.2 Å². The highest BCUT2D eigenvalue weighted by Gasteiger charge is 2.49. The molecule has 0 unspecified atom stereocenters. The lowest BCUT2D eigenvalue weighted by Gasteiger charge is -2.41. The molecule has 256 valence electrons. The third-order valence-electron chi connectivity index (χ3n) is 9.13. The van der Waals surface area contributed by atoms with Crippen LogP contribution in [0, 0.1) is 0 Å². The third-order valence-corrected chi connectivity index (χ3v) is 9.13. The van der Waals surface area contributed by atoms with Gasteiger partial charge in [-0.25, -0.2) is 0 Å². The molecule has 0 aliphatic carbocycles. The SMILES string of the molecule is COc1ccc(C(O)(C(=C=C(c2ccccc2)c2ccccc2)C(O)(c2ccc(OC)cc2)c2ccc(OC)cc2)c2ccc(OC)cc2)cc1. The molecule has 6 heteroatoms. The lowest BCUT2D eigenvalue weighted by molar-refractivity contribution is 0.0411. The van der Waals surface area contributed by atoms with Crippen molar-refractivity contribution in [2.45, 2.75) is 11.2 Å². The predicted molar refractivity (Wildman–Crippen MR) is 200 cm³/mol. The summed E-state index contributed by atoms with van der Waals surface area (Å²) < 4.78 is 22.0. The molecular formula is C45H40O6. The van der Waals surface area contributed by atoms with Gasteiger partial charge in [0, 0.05) is 5.57 Å². The van der Waals surface area contributed by atoms with E-state index in [0.717, 1.165) is 11.1 Å². The van der Waals surface area contributed by atoms with Crippen LogP contribution in [-0.2, 0) is 11.2 Å². The molecule has 0 saturated heterocycles. The van der Waals surface area contributed by atoms with Gasteiger partial charge in [-0.3, -0.25) is 0 Å². The van der Waals surface area contributed by atoms with Gasteiger partial charge in [-0.1, -0.05) is 109 Å². The van der Waals surface area contributed by atoms with Crippen molar-refractivity contribution in [1.82, 2.24) is 0 Å². The van der Waals surface area contributed by atoms with Crippen LogP contribution in [0.25, 0.3) is 5.57 Å². The summed E-state index contributed by atoms with van der Waals surface area (Å²) in [5.41, 5.74) is 4.17. The van der Waals surface area contributed by atoms with Crippen LogP contribution in [0.2, 0.25) is 0 Å². The summed E-state index contributed by atoms with van der Waals surface area (Å²) in [6.45, 7) is 0. The third kappa shape index (κ3) is 6.89. The molecule has 0 radical (unpaired) electrons. The molecule has 6 nitrogen and oxygen atoms in total. The highest BCUT2D eigenvalue weighted by molar-refractivity contribution is 5.80. The van der Waals surface area contributed by atoms with Crippen LogP contribution >= 0.6 is 0 Å². The van der Waals surface area contributed by atoms with E-state index in [1.807, 2.05) is 60.7 Å². The number of hydrogen-bond acceptors (Lipinski definition) is 6. The van der Waals surface area contributed by atoms with Crippen molar-refractivity contribution < 1.29 is 29.2 Å². The van der Waals surface area contributed by atoms with Crippen LogP contribution < -0.4 is 18.9 Å². The largest absolute Gasteiger partial charge is 0.497 e. The van der Waals surface area contributed by atoms with E-state index >= 15 is 0 Å². The molecule has 6 aromatic rings. The zero-order valence-corrected chi connectivity index (χ0v) is 29.0. The Hall–Kier alpha value is -6.04. The molecule has 0 saturated carbocycles. The Bertz CT molecular complexity index is 1850. The van der Waals surface area contributed by atoms with Crippen LogP contribution in [0.5, 0.6) is 23.0 Å². The minimum Gasteiger partial charge on any atom is -0.497 e. The van der Waals surface area contributed by atoms with Crippen molar-refractivity contribution in [2.75, 3.05) is 28.4 Å². The second kappa shape index (κ2) is 15.2. The van der Waals surface area contributed by atoms with Crippen LogP contribution in [0.15, 0.2) is 169 Å². The van der Waals surface area contributed by atoms with E-state index in [0.29, 0.717) is 50.8 Å². The van der Waals surface area contributed by atoms with Gasteiger partial charge in [0.15, 0.2) is 0 Å². The second-order valence-corrected chi connectivity index (χ2v) is 11.9. The summed E-state index contributed by atoms with van der Waals surface area (Å²) in [7, 11) is 6.38. The van der Waals surface area contributed by atoms with Gasteiger partial charge in [0.2, 0.25) is 0 Å². The highest BCUT2D eigenvalue weighted by Crippen LogP contribution is 2.50. The number of ether oxygens (including phenoxy) is 4. The van der Waals surface area contributed by atoms with Gasteiger partial charge in [0.05, 0.1) is 34.0 Å². The van der Waals surface area contributed by atoms with Crippen molar-refractivity contribution in [3.63, 3.8) is 0 Å². The van der Waals surface area contributed by atoms with E-state index in [1.54, 1.807) is 126 Å². The lowest BCUT2D eigenvalue weighted by atomic mass is 9.68. The molecule has 0 aliphatic rings. The molecule has 2 N–H and O–H groups in total.